The minimum Gasteiger partial charge on any atom is -0.454 e. The second-order valence-electron chi connectivity index (χ2n) is 5.97. The van der Waals surface area contributed by atoms with E-state index in [1.807, 2.05) is 18.2 Å². The predicted molar refractivity (Wildman–Crippen MR) is 85.1 cm³/mol. The zero-order chi connectivity index (χ0) is 16.4. The predicted octanol–water partition coefficient (Wildman–Crippen LogP) is 1.80. The molecule has 2 aliphatic rings. The van der Waals surface area contributed by atoms with Gasteiger partial charge in [0.2, 0.25) is 6.79 Å². The number of benzene rings is 1. The zero-order valence-electron chi connectivity index (χ0n) is 13.2. The third-order valence-electron chi connectivity index (χ3n) is 4.33. The van der Waals surface area contributed by atoms with Crippen LogP contribution in [0.15, 0.2) is 28.9 Å². The van der Waals surface area contributed by atoms with Crippen molar-refractivity contribution in [2.45, 2.75) is 25.3 Å². The molecule has 0 radical (unpaired) electrons. The highest BCUT2D eigenvalue weighted by Crippen LogP contribution is 2.32. The summed E-state index contributed by atoms with van der Waals surface area (Å²) in [5.74, 6) is 2.15. The monoisotopic (exact) mass is 329 g/mol. The van der Waals surface area contributed by atoms with Gasteiger partial charge < -0.3 is 24.5 Å². The fourth-order valence-electron chi connectivity index (χ4n) is 2.97. The molecule has 0 aliphatic carbocycles. The Morgan fingerprint density at radius 1 is 1.25 bits per heavy atom. The number of nitrogens with zero attached hydrogens (tertiary/aromatic N) is 1. The van der Waals surface area contributed by atoms with Crippen LogP contribution >= 0.6 is 0 Å². The first kappa shape index (κ1) is 15.0. The molecule has 7 heteroatoms. The Balaban J connectivity index is 1.37. The lowest BCUT2D eigenvalue weighted by Gasteiger charge is -2.19. The number of rotatable bonds is 4. The number of nitrogens with one attached hydrogen (secondary N) is 2. The van der Waals surface area contributed by atoms with E-state index in [4.69, 9.17) is 13.9 Å². The van der Waals surface area contributed by atoms with Crippen LogP contribution in [-0.4, -0.2) is 30.8 Å². The van der Waals surface area contributed by atoms with Crippen molar-refractivity contribution in [1.29, 1.82) is 0 Å². The van der Waals surface area contributed by atoms with Crippen LogP contribution < -0.4 is 20.1 Å². The lowest BCUT2D eigenvalue weighted by molar-refractivity contribution is 0.0945. The van der Waals surface area contributed by atoms with E-state index in [1.54, 1.807) is 0 Å². The number of hydrogen-bond donors (Lipinski definition) is 2. The molecular formula is C17H19N3O4. The average Bonchev–Trinajstić information content (AvgIpc) is 3.29. The Hall–Kier alpha value is -2.54. The van der Waals surface area contributed by atoms with Crippen molar-refractivity contribution in [2.24, 2.45) is 0 Å². The lowest BCUT2D eigenvalue weighted by atomic mass is 9.98. The molecule has 2 aliphatic heterocycles. The number of fused-ring (bicyclic) bond motifs is 1. The van der Waals surface area contributed by atoms with E-state index < -0.39 is 0 Å². The van der Waals surface area contributed by atoms with Crippen LogP contribution in [0.25, 0.3) is 0 Å². The van der Waals surface area contributed by atoms with Gasteiger partial charge in [-0.05, 0) is 43.6 Å². The van der Waals surface area contributed by atoms with Crippen molar-refractivity contribution in [2.75, 3.05) is 19.9 Å². The molecule has 2 N–H and O–H groups in total. The molecule has 2 aromatic rings. The molecule has 7 nitrogen and oxygen atoms in total. The first-order chi connectivity index (χ1) is 11.8. The van der Waals surface area contributed by atoms with Crippen LogP contribution in [0.5, 0.6) is 11.5 Å². The summed E-state index contributed by atoms with van der Waals surface area (Å²) in [6, 6.07) is 5.61. The largest absolute Gasteiger partial charge is 0.454 e. The summed E-state index contributed by atoms with van der Waals surface area (Å²) in [6.07, 6.45) is 3.41. The molecule has 0 bridgehead atoms. The van der Waals surface area contributed by atoms with Gasteiger partial charge in [-0.15, -0.1) is 0 Å². The molecule has 1 fully saturated rings. The molecular weight excluding hydrogens is 310 g/mol. The van der Waals surface area contributed by atoms with Gasteiger partial charge in [0.25, 0.3) is 5.91 Å². The molecule has 24 heavy (non-hydrogen) atoms. The second kappa shape index (κ2) is 6.52. The van der Waals surface area contributed by atoms with Crippen molar-refractivity contribution in [1.82, 2.24) is 15.6 Å². The van der Waals surface area contributed by atoms with E-state index in [1.165, 1.54) is 6.26 Å². The van der Waals surface area contributed by atoms with Crippen molar-refractivity contribution in [3.63, 3.8) is 0 Å². The van der Waals surface area contributed by atoms with Gasteiger partial charge in [0.05, 0.1) is 0 Å². The lowest BCUT2D eigenvalue weighted by Crippen LogP contribution is -2.27. The number of oxazole rings is 1. The first-order valence-electron chi connectivity index (χ1n) is 8.12. The molecule has 0 spiro atoms. The third kappa shape index (κ3) is 3.07. The minimum absolute atomic E-state index is 0.239. The van der Waals surface area contributed by atoms with E-state index in [2.05, 4.69) is 15.6 Å². The summed E-state index contributed by atoms with van der Waals surface area (Å²) in [5.41, 5.74) is 1.26. The highest BCUT2D eigenvalue weighted by atomic mass is 16.7. The molecule has 0 saturated carbocycles. The van der Waals surface area contributed by atoms with Crippen molar-refractivity contribution in [3.8, 4) is 11.5 Å². The normalized spacial score (nSPS) is 17.0. The number of hydrogen-bond acceptors (Lipinski definition) is 6. The Bertz CT molecular complexity index is 737. The molecule has 1 saturated heterocycles. The number of piperidine rings is 1. The number of carbonyl (C=O) groups is 1. The third-order valence-corrected chi connectivity index (χ3v) is 4.33. The molecule has 0 atom stereocenters. The highest BCUT2D eigenvalue weighted by molar-refractivity contribution is 5.91. The SMILES string of the molecule is O=C(NCc1ccc2c(c1)OCO2)c1coc(C2CCNCC2)n1. The highest BCUT2D eigenvalue weighted by Gasteiger charge is 2.22. The Morgan fingerprint density at radius 3 is 2.96 bits per heavy atom. The second-order valence-corrected chi connectivity index (χ2v) is 5.97. The van der Waals surface area contributed by atoms with Crippen LogP contribution in [0.4, 0.5) is 0 Å². The Morgan fingerprint density at radius 2 is 2.08 bits per heavy atom. The molecule has 1 amide bonds. The number of aromatic nitrogens is 1. The first-order valence-corrected chi connectivity index (χ1v) is 8.12. The molecule has 126 valence electrons. The van der Waals surface area contributed by atoms with Crippen molar-refractivity contribution >= 4 is 5.91 Å². The number of amides is 1. The fraction of sp³-hybridized carbons (Fsp3) is 0.412. The van der Waals surface area contributed by atoms with Crippen molar-refractivity contribution < 1.29 is 18.7 Å². The van der Waals surface area contributed by atoms with Crippen LogP contribution in [0, 0.1) is 0 Å². The topological polar surface area (TPSA) is 85.6 Å². The summed E-state index contributed by atoms with van der Waals surface area (Å²) < 4.78 is 16.1. The zero-order valence-corrected chi connectivity index (χ0v) is 13.2. The minimum atomic E-state index is -0.239. The van der Waals surface area contributed by atoms with Crippen LogP contribution in [0.1, 0.15) is 40.7 Å². The van der Waals surface area contributed by atoms with Gasteiger partial charge in [0.1, 0.15) is 6.26 Å². The Labute approximate surface area is 139 Å². The van der Waals surface area contributed by atoms with Gasteiger partial charge in [-0.3, -0.25) is 4.79 Å². The molecule has 3 heterocycles. The maximum atomic E-state index is 12.2. The van der Waals surface area contributed by atoms with Crippen molar-refractivity contribution in [3.05, 3.63) is 41.6 Å². The molecule has 1 aromatic heterocycles. The van der Waals surface area contributed by atoms with Gasteiger partial charge in [-0.25, -0.2) is 4.98 Å². The fourth-order valence-corrected chi connectivity index (χ4v) is 2.97. The van der Waals surface area contributed by atoms with Gasteiger partial charge >= 0.3 is 0 Å². The van der Waals surface area contributed by atoms with E-state index in [0.29, 0.717) is 29.8 Å². The van der Waals surface area contributed by atoms with Crippen LogP contribution in [0.3, 0.4) is 0 Å². The summed E-state index contributed by atoms with van der Waals surface area (Å²) in [4.78, 5) is 16.6. The standard InChI is InChI=1S/C17H19N3O4/c21-16(13-9-22-17(20-13)12-3-5-18-6-4-12)19-8-11-1-2-14-15(7-11)24-10-23-14/h1-2,7,9,12,18H,3-6,8,10H2,(H,19,21). The number of carbonyl (C=O) groups excluding carboxylic acids is 1. The van der Waals surface area contributed by atoms with E-state index in [-0.39, 0.29) is 12.7 Å². The van der Waals surface area contributed by atoms with Crippen LogP contribution in [-0.2, 0) is 6.54 Å². The van der Waals surface area contributed by atoms with Crippen LogP contribution in [0.2, 0.25) is 0 Å². The molecule has 0 unspecified atom stereocenters. The van der Waals surface area contributed by atoms with E-state index >= 15 is 0 Å². The Kier molecular flexibility index (Phi) is 4.08. The van der Waals surface area contributed by atoms with E-state index in [9.17, 15) is 4.79 Å². The number of ether oxygens (including phenoxy) is 2. The quantitative estimate of drug-likeness (QED) is 0.890. The maximum Gasteiger partial charge on any atom is 0.273 e. The summed E-state index contributed by atoms with van der Waals surface area (Å²) >= 11 is 0. The smallest absolute Gasteiger partial charge is 0.273 e. The van der Waals surface area contributed by atoms with Gasteiger partial charge in [0.15, 0.2) is 23.1 Å². The summed E-state index contributed by atoms with van der Waals surface area (Å²) in [7, 11) is 0. The van der Waals surface area contributed by atoms with Gasteiger partial charge in [-0.2, -0.15) is 0 Å². The maximum absolute atomic E-state index is 12.2. The molecule has 4 rings (SSSR count). The van der Waals surface area contributed by atoms with E-state index in [0.717, 1.165) is 37.2 Å². The average molecular weight is 329 g/mol. The van der Waals surface area contributed by atoms with Gasteiger partial charge in [0, 0.05) is 12.5 Å². The summed E-state index contributed by atoms with van der Waals surface area (Å²) in [5, 5.41) is 6.15. The molecule has 1 aromatic carbocycles. The van der Waals surface area contributed by atoms with Gasteiger partial charge in [-0.1, -0.05) is 6.07 Å². The summed E-state index contributed by atoms with van der Waals surface area (Å²) in [6.45, 7) is 2.55.